The molecule has 1 saturated carbocycles. The number of carbonyl (C=O) groups excluding carboxylic acids is 3. The Balaban J connectivity index is 2.29. The zero-order chi connectivity index (χ0) is 14.1. The van der Waals surface area contributed by atoms with Gasteiger partial charge in [0.05, 0.1) is 6.42 Å². The molecule has 0 unspecified atom stereocenters. The molecule has 0 aromatic rings. The van der Waals surface area contributed by atoms with Crippen LogP contribution >= 0.6 is 0 Å². The van der Waals surface area contributed by atoms with Gasteiger partial charge in [0, 0.05) is 0 Å². The molecule has 3 rings (SSSR count). The Hall–Kier alpha value is -1.65. The van der Waals surface area contributed by atoms with Crippen molar-refractivity contribution >= 4 is 17.7 Å². The molecule has 3 atom stereocenters. The summed E-state index contributed by atoms with van der Waals surface area (Å²) in [4.78, 5) is 36.3. The summed E-state index contributed by atoms with van der Waals surface area (Å²) in [5.41, 5.74) is -2.61. The van der Waals surface area contributed by atoms with Crippen molar-refractivity contribution in [1.29, 1.82) is 0 Å². The van der Waals surface area contributed by atoms with Crippen LogP contribution < -0.4 is 0 Å². The molecule has 5 heteroatoms. The molecule has 0 aromatic carbocycles. The minimum atomic E-state index is -1.16. The fraction of sp³-hybridized carbons (Fsp3) is 0.643. The zero-order valence-electron chi connectivity index (χ0n) is 11.1. The molecule has 3 fully saturated rings. The Morgan fingerprint density at radius 3 is 2.68 bits per heavy atom. The summed E-state index contributed by atoms with van der Waals surface area (Å²) in [6.45, 7) is 7.06. The van der Waals surface area contributed by atoms with Gasteiger partial charge in [-0.05, 0) is 26.7 Å². The molecule has 5 nitrogen and oxygen atoms in total. The summed E-state index contributed by atoms with van der Waals surface area (Å²) in [6.07, 6.45) is 0.974. The fourth-order valence-electron chi connectivity index (χ4n) is 3.97. The summed E-state index contributed by atoms with van der Waals surface area (Å²) in [5, 5.41) is 0. The van der Waals surface area contributed by atoms with E-state index in [2.05, 4.69) is 6.58 Å². The summed E-state index contributed by atoms with van der Waals surface area (Å²) < 4.78 is 10.8. The SMILES string of the molecule is C=C1CC[C@@]23OC(=O)C[C@@]12C(=O)OC[C@]3(C)C(C)=O. The van der Waals surface area contributed by atoms with Crippen molar-refractivity contribution in [3.05, 3.63) is 12.2 Å². The maximum absolute atomic E-state index is 12.3. The predicted octanol–water partition coefficient (Wildman–Crippen LogP) is 1.16. The Kier molecular flexibility index (Phi) is 2.13. The van der Waals surface area contributed by atoms with Gasteiger partial charge >= 0.3 is 11.9 Å². The Bertz CT molecular complexity index is 536. The highest BCUT2D eigenvalue weighted by atomic mass is 16.6. The summed E-state index contributed by atoms with van der Waals surface area (Å²) in [6, 6.07) is 0. The van der Waals surface area contributed by atoms with Crippen molar-refractivity contribution in [3.8, 4) is 0 Å². The maximum atomic E-state index is 12.3. The average molecular weight is 264 g/mol. The Morgan fingerprint density at radius 2 is 2.05 bits per heavy atom. The van der Waals surface area contributed by atoms with Gasteiger partial charge in [0.25, 0.3) is 0 Å². The molecular weight excluding hydrogens is 248 g/mol. The number of hydrogen-bond donors (Lipinski definition) is 0. The van der Waals surface area contributed by atoms with Crippen LogP contribution in [-0.4, -0.2) is 29.9 Å². The molecule has 2 heterocycles. The lowest BCUT2D eigenvalue weighted by Crippen LogP contribution is -2.65. The van der Waals surface area contributed by atoms with E-state index in [9.17, 15) is 14.4 Å². The highest BCUT2D eigenvalue weighted by Gasteiger charge is 2.79. The van der Waals surface area contributed by atoms with Crippen molar-refractivity contribution < 1.29 is 23.9 Å². The molecule has 3 aliphatic rings. The third-order valence-electron chi connectivity index (χ3n) is 5.28. The highest BCUT2D eigenvalue weighted by Crippen LogP contribution is 2.67. The molecule has 102 valence electrons. The molecule has 2 saturated heterocycles. The number of hydrogen-bond acceptors (Lipinski definition) is 5. The van der Waals surface area contributed by atoms with E-state index in [0.29, 0.717) is 18.4 Å². The van der Waals surface area contributed by atoms with Gasteiger partial charge in [-0.3, -0.25) is 14.4 Å². The van der Waals surface area contributed by atoms with Crippen LogP contribution in [0.1, 0.15) is 33.1 Å². The third kappa shape index (κ3) is 1.06. The Labute approximate surface area is 110 Å². The lowest BCUT2D eigenvalue weighted by Gasteiger charge is -2.50. The number of cyclic esters (lactones) is 1. The summed E-state index contributed by atoms with van der Waals surface area (Å²) >= 11 is 0. The lowest BCUT2D eigenvalue weighted by molar-refractivity contribution is -0.210. The van der Waals surface area contributed by atoms with E-state index in [0.717, 1.165) is 0 Å². The van der Waals surface area contributed by atoms with Crippen molar-refractivity contribution in [1.82, 2.24) is 0 Å². The highest BCUT2D eigenvalue weighted by molar-refractivity contribution is 5.97. The van der Waals surface area contributed by atoms with Gasteiger partial charge in [0.1, 0.15) is 28.8 Å². The van der Waals surface area contributed by atoms with Crippen LogP contribution in [0, 0.1) is 10.8 Å². The van der Waals surface area contributed by atoms with Crippen LogP contribution in [0.25, 0.3) is 0 Å². The normalized spacial score (nSPS) is 44.4. The van der Waals surface area contributed by atoms with Gasteiger partial charge in [0.15, 0.2) is 0 Å². The van der Waals surface area contributed by atoms with E-state index >= 15 is 0 Å². The van der Waals surface area contributed by atoms with Gasteiger partial charge in [-0.2, -0.15) is 0 Å². The second kappa shape index (κ2) is 3.26. The monoisotopic (exact) mass is 264 g/mol. The molecule has 1 aliphatic carbocycles. The second-order valence-corrected chi connectivity index (χ2v) is 5.95. The molecule has 0 bridgehead atoms. The van der Waals surface area contributed by atoms with E-state index in [4.69, 9.17) is 9.47 Å². The number of Topliss-reactive ketones (excluding diaryl/α,β-unsaturated/α-hetero) is 1. The van der Waals surface area contributed by atoms with Crippen LogP contribution in [0.2, 0.25) is 0 Å². The van der Waals surface area contributed by atoms with E-state index in [-0.39, 0.29) is 18.8 Å². The van der Waals surface area contributed by atoms with Crippen LogP contribution in [0.5, 0.6) is 0 Å². The Morgan fingerprint density at radius 1 is 1.37 bits per heavy atom. The van der Waals surface area contributed by atoms with E-state index < -0.39 is 28.4 Å². The minimum Gasteiger partial charge on any atom is -0.464 e. The minimum absolute atomic E-state index is 0.0382. The number of ketones is 1. The quantitative estimate of drug-likeness (QED) is 0.525. The second-order valence-electron chi connectivity index (χ2n) is 5.95. The molecule has 0 aromatic heterocycles. The van der Waals surface area contributed by atoms with Crippen LogP contribution in [0.3, 0.4) is 0 Å². The maximum Gasteiger partial charge on any atom is 0.321 e. The molecule has 19 heavy (non-hydrogen) atoms. The standard InChI is InChI=1S/C14H16O5/c1-8-4-5-14-12(3,9(2)15)7-18-11(17)13(8,14)6-10(16)19-14/h1,4-7H2,2-3H3/t12-,13+,14+/m1/s1. The van der Waals surface area contributed by atoms with E-state index in [1.165, 1.54) is 6.92 Å². The topological polar surface area (TPSA) is 69.7 Å². The molecule has 0 amide bonds. The number of rotatable bonds is 1. The van der Waals surface area contributed by atoms with Crippen molar-refractivity contribution in [2.75, 3.05) is 6.61 Å². The van der Waals surface area contributed by atoms with Gasteiger partial charge < -0.3 is 9.47 Å². The van der Waals surface area contributed by atoms with E-state index in [1.54, 1.807) is 6.92 Å². The van der Waals surface area contributed by atoms with Gasteiger partial charge in [-0.15, -0.1) is 0 Å². The van der Waals surface area contributed by atoms with E-state index in [1.807, 2.05) is 0 Å². The van der Waals surface area contributed by atoms with Crippen LogP contribution in [-0.2, 0) is 23.9 Å². The first-order chi connectivity index (χ1) is 8.80. The first kappa shape index (κ1) is 12.4. The molecule has 0 radical (unpaired) electrons. The van der Waals surface area contributed by atoms with Gasteiger partial charge in [-0.1, -0.05) is 12.2 Å². The third-order valence-corrected chi connectivity index (χ3v) is 5.28. The molecule has 2 aliphatic heterocycles. The predicted molar refractivity (Wildman–Crippen MR) is 64.0 cm³/mol. The first-order valence-corrected chi connectivity index (χ1v) is 6.38. The number of esters is 2. The van der Waals surface area contributed by atoms with Crippen molar-refractivity contribution in [2.24, 2.45) is 10.8 Å². The largest absolute Gasteiger partial charge is 0.464 e. The van der Waals surface area contributed by atoms with Gasteiger partial charge in [-0.25, -0.2) is 0 Å². The number of ether oxygens (including phenoxy) is 2. The van der Waals surface area contributed by atoms with Crippen molar-refractivity contribution in [3.63, 3.8) is 0 Å². The fourth-order valence-corrected chi connectivity index (χ4v) is 3.97. The van der Waals surface area contributed by atoms with Crippen molar-refractivity contribution in [2.45, 2.75) is 38.7 Å². The smallest absolute Gasteiger partial charge is 0.321 e. The number of carbonyl (C=O) groups is 3. The van der Waals surface area contributed by atoms with Gasteiger partial charge in [0.2, 0.25) is 0 Å². The lowest BCUT2D eigenvalue weighted by atomic mass is 9.57. The van der Waals surface area contributed by atoms with Crippen LogP contribution in [0.15, 0.2) is 12.2 Å². The molecule has 0 spiro atoms. The molecule has 0 N–H and O–H groups in total. The average Bonchev–Trinajstić information content (AvgIpc) is 2.80. The summed E-state index contributed by atoms with van der Waals surface area (Å²) in [5.74, 6) is -1.06. The zero-order valence-corrected chi connectivity index (χ0v) is 11.1. The summed E-state index contributed by atoms with van der Waals surface area (Å²) in [7, 11) is 0. The van der Waals surface area contributed by atoms with Crippen LogP contribution in [0.4, 0.5) is 0 Å². The first-order valence-electron chi connectivity index (χ1n) is 6.38. The molecular formula is C14H16O5.